The van der Waals surface area contributed by atoms with Gasteiger partial charge >= 0.3 is 0 Å². The highest BCUT2D eigenvalue weighted by atomic mass is 35.5. The van der Waals surface area contributed by atoms with E-state index in [2.05, 4.69) is 25.6 Å². The predicted molar refractivity (Wildman–Crippen MR) is 170 cm³/mol. The van der Waals surface area contributed by atoms with E-state index < -0.39 is 9.84 Å². The molecule has 45 heavy (non-hydrogen) atoms. The second kappa shape index (κ2) is 13.1. The zero-order chi connectivity index (χ0) is 31.4. The molecule has 10 nitrogen and oxygen atoms in total. The minimum Gasteiger partial charge on any atom is -0.487 e. The van der Waals surface area contributed by atoms with Gasteiger partial charge in [0, 0.05) is 42.6 Å². The van der Waals surface area contributed by atoms with Crippen LogP contribution in [0.4, 0.5) is 15.9 Å². The Hall–Kier alpha value is -4.78. The molecule has 0 aliphatic heterocycles. The molecule has 0 unspecified atom stereocenters. The maximum atomic E-state index is 13.5. The van der Waals surface area contributed by atoms with Crippen molar-refractivity contribution in [3.8, 4) is 17.1 Å². The number of hydrogen-bond acceptors (Lipinski definition) is 9. The highest BCUT2D eigenvalue weighted by Gasteiger charge is 2.19. The Balaban J connectivity index is 1.11. The minimum absolute atomic E-state index is 0.0468. The lowest BCUT2D eigenvalue weighted by atomic mass is 10.1. The summed E-state index contributed by atoms with van der Waals surface area (Å²) in [7, 11) is -1.84. The van der Waals surface area contributed by atoms with Crippen LogP contribution in [0.5, 0.6) is 5.75 Å². The van der Waals surface area contributed by atoms with Crippen LogP contribution >= 0.6 is 11.6 Å². The highest BCUT2D eigenvalue weighted by Crippen LogP contribution is 2.33. The molecule has 0 bridgehead atoms. The molecule has 6 rings (SSSR count). The first-order valence-electron chi connectivity index (χ1n) is 13.9. The van der Waals surface area contributed by atoms with E-state index in [4.69, 9.17) is 20.8 Å². The fourth-order valence-corrected chi connectivity index (χ4v) is 6.27. The molecular weight excluding hydrogens is 619 g/mol. The van der Waals surface area contributed by atoms with E-state index in [1.54, 1.807) is 37.5 Å². The van der Waals surface area contributed by atoms with Crippen LogP contribution in [0.2, 0.25) is 5.02 Å². The topological polar surface area (TPSA) is 124 Å². The minimum atomic E-state index is -3.49. The van der Waals surface area contributed by atoms with Crippen molar-refractivity contribution in [1.29, 1.82) is 0 Å². The molecule has 0 aliphatic rings. The van der Waals surface area contributed by atoms with Crippen molar-refractivity contribution in [3.63, 3.8) is 0 Å². The molecule has 0 saturated heterocycles. The van der Waals surface area contributed by atoms with Gasteiger partial charge in [-0.25, -0.2) is 27.8 Å². The summed E-state index contributed by atoms with van der Waals surface area (Å²) in [5.74, 6) is 1.95. The number of fused-ring (bicyclic) bond motifs is 1. The molecule has 3 aromatic heterocycles. The first-order valence-corrected chi connectivity index (χ1v) is 16.0. The molecule has 3 heterocycles. The quantitative estimate of drug-likeness (QED) is 0.147. The van der Waals surface area contributed by atoms with Crippen molar-refractivity contribution in [3.05, 3.63) is 114 Å². The lowest BCUT2D eigenvalue weighted by molar-refractivity contribution is 0.306. The molecule has 0 fully saturated rings. The number of aryl methyl sites for hydroxylation is 1. The van der Waals surface area contributed by atoms with E-state index in [1.165, 1.54) is 29.2 Å². The van der Waals surface area contributed by atoms with Crippen LogP contribution < -0.4 is 15.4 Å². The number of sulfone groups is 1. The molecule has 2 N–H and O–H groups in total. The Morgan fingerprint density at radius 2 is 1.91 bits per heavy atom. The van der Waals surface area contributed by atoms with Gasteiger partial charge in [0.25, 0.3) is 0 Å². The maximum Gasteiger partial charge on any atom is 0.227 e. The zero-order valence-corrected chi connectivity index (χ0v) is 25.6. The number of nitrogens with zero attached hydrogens (tertiary/aromatic N) is 4. The first kappa shape index (κ1) is 30.3. The van der Waals surface area contributed by atoms with Gasteiger partial charge in [-0.2, -0.15) is 0 Å². The second-order valence-corrected chi connectivity index (χ2v) is 12.6. The fraction of sp³-hybridized carbons (Fsp3) is 0.156. The smallest absolute Gasteiger partial charge is 0.227 e. The highest BCUT2D eigenvalue weighted by molar-refractivity contribution is 7.91. The summed E-state index contributed by atoms with van der Waals surface area (Å²) in [6, 6.07) is 20.9. The van der Waals surface area contributed by atoms with E-state index in [0.29, 0.717) is 45.9 Å². The maximum absolute atomic E-state index is 13.5. The van der Waals surface area contributed by atoms with Crippen molar-refractivity contribution in [2.75, 3.05) is 17.6 Å². The molecule has 230 valence electrons. The van der Waals surface area contributed by atoms with E-state index >= 15 is 0 Å². The standard InChI is InChI=1S/C32H28ClFN6O4S/c1-40-13-11-36-32(40)45(41,42)14-12-35-18-25-7-10-29(44-25)22-5-8-28-26(16-22)31(38-20-37-28)39-24-6-9-30(27(33)17-24)43-19-21-3-2-4-23(34)15-21/h2-11,13,15-17,20,35H,12,14,18-19H2,1H3,(H,37,38,39). The van der Waals surface area contributed by atoms with Crippen molar-refractivity contribution in [1.82, 2.24) is 24.8 Å². The molecule has 0 atom stereocenters. The third-order valence-corrected chi connectivity index (χ3v) is 8.95. The molecule has 0 aliphatic carbocycles. The summed E-state index contributed by atoms with van der Waals surface area (Å²) in [4.78, 5) is 12.8. The van der Waals surface area contributed by atoms with Crippen molar-refractivity contribution in [2.24, 2.45) is 7.05 Å². The number of hydrogen-bond donors (Lipinski definition) is 2. The normalized spacial score (nSPS) is 11.6. The summed E-state index contributed by atoms with van der Waals surface area (Å²) in [6.45, 7) is 0.794. The summed E-state index contributed by atoms with van der Waals surface area (Å²) < 4.78 is 51.8. The van der Waals surface area contributed by atoms with Crippen LogP contribution in [0.25, 0.3) is 22.2 Å². The molecular formula is C32H28ClFN6O4S. The van der Waals surface area contributed by atoms with Crippen LogP contribution in [0.3, 0.4) is 0 Å². The van der Waals surface area contributed by atoms with Gasteiger partial charge in [-0.05, 0) is 66.2 Å². The number of halogens is 2. The Bertz CT molecular complexity index is 2080. The van der Waals surface area contributed by atoms with Crippen LogP contribution in [-0.4, -0.2) is 40.2 Å². The van der Waals surface area contributed by atoms with Gasteiger partial charge in [0.05, 0.1) is 22.8 Å². The third kappa shape index (κ3) is 7.14. The average molecular weight is 647 g/mol. The van der Waals surface area contributed by atoms with E-state index in [9.17, 15) is 12.8 Å². The summed E-state index contributed by atoms with van der Waals surface area (Å²) in [5.41, 5.74) is 2.95. The molecule has 0 saturated carbocycles. The third-order valence-electron chi connectivity index (χ3n) is 6.96. The monoisotopic (exact) mass is 646 g/mol. The Kier molecular flexibility index (Phi) is 8.78. The number of benzene rings is 3. The van der Waals surface area contributed by atoms with Crippen molar-refractivity contribution in [2.45, 2.75) is 18.3 Å². The molecule has 0 spiro atoms. The molecule has 6 aromatic rings. The average Bonchev–Trinajstić information content (AvgIpc) is 3.69. The largest absolute Gasteiger partial charge is 0.487 e. The number of rotatable bonds is 12. The Morgan fingerprint density at radius 1 is 1.02 bits per heavy atom. The lowest BCUT2D eigenvalue weighted by Crippen LogP contribution is -2.24. The summed E-state index contributed by atoms with van der Waals surface area (Å²) in [6.07, 6.45) is 4.54. The van der Waals surface area contributed by atoms with Gasteiger partial charge in [-0.3, -0.25) is 0 Å². The number of aromatic nitrogens is 4. The van der Waals surface area contributed by atoms with Crippen LogP contribution in [0.1, 0.15) is 11.3 Å². The van der Waals surface area contributed by atoms with E-state index in [0.717, 1.165) is 16.5 Å². The molecule has 0 amide bonds. The molecule has 3 aromatic carbocycles. The Labute approximate surface area is 263 Å². The first-order chi connectivity index (χ1) is 21.7. The van der Waals surface area contributed by atoms with Crippen LogP contribution in [0.15, 0.2) is 101 Å². The van der Waals surface area contributed by atoms with Crippen LogP contribution in [-0.2, 0) is 30.0 Å². The molecule has 13 heteroatoms. The van der Waals surface area contributed by atoms with Gasteiger partial charge < -0.3 is 24.4 Å². The number of furan rings is 1. The predicted octanol–water partition coefficient (Wildman–Crippen LogP) is 6.30. The zero-order valence-electron chi connectivity index (χ0n) is 24.1. The van der Waals surface area contributed by atoms with Crippen LogP contribution in [0, 0.1) is 5.82 Å². The Morgan fingerprint density at radius 3 is 2.71 bits per heavy atom. The SMILES string of the molecule is Cn1ccnc1S(=O)(=O)CCNCc1ccc(-c2ccc3ncnc(Nc4ccc(OCc5cccc(F)c5)c(Cl)c4)c3c2)o1. The van der Waals surface area contributed by atoms with Gasteiger partial charge in [0.1, 0.15) is 41.8 Å². The lowest BCUT2D eigenvalue weighted by Gasteiger charge is -2.12. The second-order valence-electron chi connectivity index (χ2n) is 10.2. The van der Waals surface area contributed by atoms with Gasteiger partial charge in [0.15, 0.2) is 0 Å². The summed E-state index contributed by atoms with van der Waals surface area (Å²) in [5, 5.41) is 7.63. The van der Waals surface area contributed by atoms with E-state index in [1.807, 2.05) is 36.4 Å². The van der Waals surface area contributed by atoms with Gasteiger partial charge in [0.2, 0.25) is 15.0 Å². The van der Waals surface area contributed by atoms with Crippen molar-refractivity contribution >= 4 is 43.8 Å². The van der Waals surface area contributed by atoms with Gasteiger partial charge in [-0.1, -0.05) is 23.7 Å². The van der Waals surface area contributed by atoms with Crippen molar-refractivity contribution < 1.29 is 22.0 Å². The van der Waals surface area contributed by atoms with E-state index in [-0.39, 0.29) is 29.9 Å². The number of ether oxygens (including phenoxy) is 1. The number of nitrogens with one attached hydrogen (secondary N) is 2. The number of anilines is 2. The number of imidazole rings is 1. The summed E-state index contributed by atoms with van der Waals surface area (Å²) >= 11 is 6.49. The molecule has 0 radical (unpaired) electrons. The fourth-order valence-electron chi connectivity index (χ4n) is 4.72. The van der Waals surface area contributed by atoms with Gasteiger partial charge in [-0.15, -0.1) is 0 Å².